The molecule has 1 aliphatic rings. The molecular formula is C15H14ClF3N2O6. The number of nitro groups is 1. The predicted molar refractivity (Wildman–Crippen MR) is 85.1 cm³/mol. The van der Waals surface area contributed by atoms with Crippen LogP contribution in [0.2, 0.25) is 0 Å². The van der Waals surface area contributed by atoms with E-state index in [1.54, 1.807) is 5.32 Å². The fraction of sp³-hybridized carbons (Fsp3) is 0.467. The summed E-state index contributed by atoms with van der Waals surface area (Å²) in [6.07, 6.45) is -7.47. The van der Waals surface area contributed by atoms with Gasteiger partial charge in [-0.3, -0.25) is 14.9 Å². The standard InChI is InChI=1S/C15H14ClF3N2O6/c1-7-12(10(6-11(16)26-7)20-14(23)15(17,18)19)27-13(22)8-2-4-9(5-3-8)21(24)25/h2-5,7,10-12H,6H2,1H3,(H,20,23)/t7-,10-,11-,12-/m1/s1. The Balaban J connectivity index is 2.15. The third kappa shape index (κ3) is 5.30. The number of esters is 1. The fourth-order valence-corrected chi connectivity index (χ4v) is 2.86. The summed E-state index contributed by atoms with van der Waals surface area (Å²) >= 11 is 5.81. The van der Waals surface area contributed by atoms with Gasteiger partial charge in [0, 0.05) is 18.6 Å². The molecule has 1 aromatic carbocycles. The summed E-state index contributed by atoms with van der Waals surface area (Å²) in [6, 6.07) is 3.21. The molecule has 0 bridgehead atoms. The minimum Gasteiger partial charge on any atom is -0.454 e. The van der Waals surface area contributed by atoms with Gasteiger partial charge in [-0.05, 0) is 19.1 Å². The van der Waals surface area contributed by atoms with Crippen LogP contribution in [0, 0.1) is 10.1 Å². The second kappa shape index (κ2) is 8.09. The van der Waals surface area contributed by atoms with Gasteiger partial charge in [0.15, 0.2) is 0 Å². The summed E-state index contributed by atoms with van der Waals surface area (Å²) in [7, 11) is 0. The molecule has 1 fully saturated rings. The van der Waals surface area contributed by atoms with Gasteiger partial charge in [0.05, 0.1) is 22.6 Å². The van der Waals surface area contributed by atoms with Crippen LogP contribution >= 0.6 is 11.6 Å². The number of nitrogens with zero attached hydrogens (tertiary/aromatic N) is 1. The Labute approximate surface area is 155 Å². The smallest absolute Gasteiger partial charge is 0.454 e. The number of nitro benzene ring substituents is 1. The maximum atomic E-state index is 12.5. The van der Waals surface area contributed by atoms with Crippen LogP contribution in [0.4, 0.5) is 18.9 Å². The summed E-state index contributed by atoms with van der Waals surface area (Å²) in [5.74, 6) is -3.13. The van der Waals surface area contributed by atoms with Crippen LogP contribution in [0.3, 0.4) is 0 Å². The summed E-state index contributed by atoms with van der Waals surface area (Å²) in [4.78, 5) is 33.4. The number of ether oxygens (including phenoxy) is 2. The van der Waals surface area contributed by atoms with Crippen LogP contribution in [-0.2, 0) is 14.3 Å². The van der Waals surface area contributed by atoms with E-state index in [1.165, 1.54) is 6.92 Å². The molecule has 1 aliphatic heterocycles. The molecule has 0 aliphatic carbocycles. The zero-order valence-electron chi connectivity index (χ0n) is 13.7. The Morgan fingerprint density at radius 3 is 2.44 bits per heavy atom. The van der Waals surface area contributed by atoms with E-state index in [4.69, 9.17) is 21.1 Å². The molecule has 0 radical (unpaired) electrons. The molecule has 0 aromatic heterocycles. The maximum Gasteiger partial charge on any atom is 0.471 e. The van der Waals surface area contributed by atoms with Gasteiger partial charge in [-0.2, -0.15) is 13.2 Å². The molecule has 0 saturated carbocycles. The third-order valence-corrected chi connectivity index (χ3v) is 4.07. The number of carbonyl (C=O) groups is 2. The fourth-order valence-electron chi connectivity index (χ4n) is 2.51. The highest BCUT2D eigenvalue weighted by Crippen LogP contribution is 2.27. The number of halogens is 4. The summed E-state index contributed by atoms with van der Waals surface area (Å²) < 4.78 is 48.0. The number of rotatable bonds is 4. The number of amides is 1. The van der Waals surface area contributed by atoms with Crippen molar-refractivity contribution in [3.63, 3.8) is 0 Å². The molecule has 4 atom stereocenters. The summed E-state index contributed by atoms with van der Waals surface area (Å²) in [6.45, 7) is 1.43. The molecule has 0 spiro atoms. The van der Waals surface area contributed by atoms with Crippen molar-refractivity contribution in [2.75, 3.05) is 0 Å². The van der Waals surface area contributed by atoms with E-state index in [1.807, 2.05) is 0 Å². The first kappa shape index (κ1) is 20.9. The molecule has 1 saturated heterocycles. The van der Waals surface area contributed by atoms with Gasteiger partial charge in [-0.1, -0.05) is 11.6 Å². The molecule has 27 heavy (non-hydrogen) atoms. The first-order valence-electron chi connectivity index (χ1n) is 7.61. The molecule has 1 aromatic rings. The topological polar surface area (TPSA) is 108 Å². The van der Waals surface area contributed by atoms with E-state index < -0.39 is 46.8 Å². The molecular weight excluding hydrogens is 397 g/mol. The Bertz CT molecular complexity index is 727. The lowest BCUT2D eigenvalue weighted by Crippen LogP contribution is -2.57. The Kier molecular flexibility index (Phi) is 6.26. The highest BCUT2D eigenvalue weighted by atomic mass is 35.5. The number of hydrogen-bond donors (Lipinski definition) is 1. The van der Waals surface area contributed by atoms with Crippen LogP contribution in [-0.4, -0.2) is 46.8 Å². The molecule has 8 nitrogen and oxygen atoms in total. The monoisotopic (exact) mass is 410 g/mol. The van der Waals surface area contributed by atoms with Crippen molar-refractivity contribution < 1.29 is 37.2 Å². The van der Waals surface area contributed by atoms with Crippen molar-refractivity contribution in [1.82, 2.24) is 5.32 Å². The summed E-state index contributed by atoms with van der Waals surface area (Å²) in [5.41, 5.74) is -1.28. The van der Waals surface area contributed by atoms with E-state index in [2.05, 4.69) is 0 Å². The van der Waals surface area contributed by atoms with Gasteiger partial charge in [0.1, 0.15) is 11.7 Å². The zero-order valence-corrected chi connectivity index (χ0v) is 14.5. The molecule has 12 heteroatoms. The molecule has 1 heterocycles. The van der Waals surface area contributed by atoms with E-state index in [-0.39, 0.29) is 17.7 Å². The van der Waals surface area contributed by atoms with Crippen LogP contribution < -0.4 is 5.32 Å². The molecule has 1 amide bonds. The van der Waals surface area contributed by atoms with Crippen molar-refractivity contribution in [3.8, 4) is 0 Å². The second-order valence-corrected chi connectivity index (χ2v) is 6.23. The van der Waals surface area contributed by atoms with Crippen LogP contribution in [0.25, 0.3) is 0 Å². The van der Waals surface area contributed by atoms with E-state index in [9.17, 15) is 32.9 Å². The van der Waals surface area contributed by atoms with E-state index in [0.29, 0.717) is 0 Å². The predicted octanol–water partition coefficient (Wildman–Crippen LogP) is 2.54. The number of benzene rings is 1. The molecule has 0 unspecified atom stereocenters. The first-order chi connectivity index (χ1) is 12.5. The average Bonchev–Trinajstić information content (AvgIpc) is 2.56. The molecule has 2 rings (SSSR count). The minimum atomic E-state index is -5.11. The lowest BCUT2D eigenvalue weighted by Gasteiger charge is -2.38. The largest absolute Gasteiger partial charge is 0.471 e. The highest BCUT2D eigenvalue weighted by molar-refractivity contribution is 6.19. The summed E-state index contributed by atoms with van der Waals surface area (Å²) in [5, 5.41) is 12.4. The molecule has 148 valence electrons. The van der Waals surface area contributed by atoms with Gasteiger partial charge in [0.25, 0.3) is 5.69 Å². The molecule has 1 N–H and O–H groups in total. The van der Waals surface area contributed by atoms with E-state index in [0.717, 1.165) is 24.3 Å². The quantitative estimate of drug-likeness (QED) is 0.354. The van der Waals surface area contributed by atoms with Crippen LogP contribution in [0.1, 0.15) is 23.7 Å². The Morgan fingerprint density at radius 1 is 1.33 bits per heavy atom. The van der Waals surface area contributed by atoms with Gasteiger partial charge < -0.3 is 14.8 Å². The third-order valence-electron chi connectivity index (χ3n) is 3.79. The van der Waals surface area contributed by atoms with Gasteiger partial charge in [0.2, 0.25) is 0 Å². The van der Waals surface area contributed by atoms with Crippen molar-refractivity contribution in [2.45, 2.75) is 43.3 Å². The number of non-ortho nitro benzene ring substituents is 1. The maximum absolute atomic E-state index is 12.5. The van der Waals surface area contributed by atoms with Gasteiger partial charge in [-0.15, -0.1) is 0 Å². The normalized spacial score (nSPS) is 25.5. The Morgan fingerprint density at radius 2 is 1.93 bits per heavy atom. The number of carbonyl (C=O) groups excluding carboxylic acids is 2. The van der Waals surface area contributed by atoms with Gasteiger partial charge >= 0.3 is 18.1 Å². The zero-order chi connectivity index (χ0) is 20.4. The van der Waals surface area contributed by atoms with Crippen molar-refractivity contribution in [2.24, 2.45) is 0 Å². The second-order valence-electron chi connectivity index (χ2n) is 5.74. The number of nitrogens with one attached hydrogen (secondary N) is 1. The first-order valence-corrected chi connectivity index (χ1v) is 8.05. The van der Waals surface area contributed by atoms with Gasteiger partial charge in [-0.25, -0.2) is 4.79 Å². The lowest BCUT2D eigenvalue weighted by molar-refractivity contribution is -0.384. The van der Waals surface area contributed by atoms with Crippen LogP contribution in [0.15, 0.2) is 24.3 Å². The number of alkyl halides is 4. The van der Waals surface area contributed by atoms with E-state index >= 15 is 0 Å². The average molecular weight is 411 g/mol. The highest BCUT2D eigenvalue weighted by Gasteiger charge is 2.45. The van der Waals surface area contributed by atoms with Crippen molar-refractivity contribution in [1.29, 1.82) is 0 Å². The minimum absolute atomic E-state index is 0.0540. The van der Waals surface area contributed by atoms with Crippen molar-refractivity contribution in [3.05, 3.63) is 39.9 Å². The number of hydrogen-bond acceptors (Lipinski definition) is 6. The van der Waals surface area contributed by atoms with Crippen molar-refractivity contribution >= 4 is 29.2 Å². The van der Waals surface area contributed by atoms with Crippen LogP contribution in [0.5, 0.6) is 0 Å². The Hall–Kier alpha value is -2.40. The lowest BCUT2D eigenvalue weighted by atomic mass is 10.00. The SMILES string of the molecule is C[C@H]1O[C@@H](Cl)C[C@@H](NC(=O)C(F)(F)F)[C@@H]1OC(=O)c1ccc([N+](=O)[O-])cc1.